The molecule has 0 saturated carbocycles. The molecule has 1 saturated heterocycles. The van der Waals surface area contributed by atoms with Gasteiger partial charge in [0.25, 0.3) is 0 Å². The van der Waals surface area contributed by atoms with E-state index in [-0.39, 0.29) is 24.0 Å². The summed E-state index contributed by atoms with van der Waals surface area (Å²) in [6.07, 6.45) is 6.17. The molecule has 1 aliphatic heterocycles. The molecule has 0 amide bonds. The molecule has 0 spiro atoms. The number of halogens is 2. The molecule has 0 bridgehead atoms. The van der Waals surface area contributed by atoms with Crippen LogP contribution in [-0.2, 0) is 13.1 Å². The fraction of sp³-hybridized carbons (Fsp3) is 0.500. The predicted octanol–water partition coefficient (Wildman–Crippen LogP) is 3.29. The zero-order valence-corrected chi connectivity index (χ0v) is 19.7. The lowest BCUT2D eigenvalue weighted by atomic mass is 10.0. The van der Waals surface area contributed by atoms with Crippen LogP contribution in [0.2, 0.25) is 5.02 Å². The highest BCUT2D eigenvalue weighted by atomic mass is 127. The van der Waals surface area contributed by atoms with Crippen molar-refractivity contribution in [3.8, 4) is 0 Å². The molecule has 2 N–H and O–H groups in total. The van der Waals surface area contributed by atoms with Crippen LogP contribution < -0.4 is 10.6 Å². The van der Waals surface area contributed by atoms with Gasteiger partial charge in [-0.25, -0.2) is 0 Å². The average Bonchev–Trinajstić information content (AvgIpc) is 3.09. The standard InChI is InChI=1S/C20H29ClN6.HI/c1-16-13-24-27(14-16)12-9-23-20(22-2)25-19-7-10-26(11-8-19)15-17-3-5-18(21)6-4-17;/h3-6,13-14,19H,7-12,15H2,1-2H3,(H2,22,23,25);1H. The van der Waals surface area contributed by atoms with Crippen molar-refractivity contribution in [2.75, 3.05) is 26.7 Å². The van der Waals surface area contributed by atoms with Crippen LogP contribution in [-0.4, -0.2) is 53.4 Å². The van der Waals surface area contributed by atoms with Gasteiger partial charge >= 0.3 is 0 Å². The smallest absolute Gasteiger partial charge is 0.191 e. The molecular formula is C20H30ClIN6. The summed E-state index contributed by atoms with van der Waals surface area (Å²) in [7, 11) is 1.82. The topological polar surface area (TPSA) is 57.5 Å². The van der Waals surface area contributed by atoms with Gasteiger partial charge in [0.05, 0.1) is 12.7 Å². The second-order valence-electron chi connectivity index (χ2n) is 7.10. The molecule has 28 heavy (non-hydrogen) atoms. The number of piperidine rings is 1. The summed E-state index contributed by atoms with van der Waals surface area (Å²) >= 11 is 5.96. The molecule has 6 nitrogen and oxygen atoms in total. The Morgan fingerprint density at radius 2 is 1.96 bits per heavy atom. The zero-order valence-electron chi connectivity index (χ0n) is 16.6. The van der Waals surface area contributed by atoms with Gasteiger partial charge in [-0.05, 0) is 43.0 Å². The number of benzene rings is 1. The highest BCUT2D eigenvalue weighted by molar-refractivity contribution is 14.0. The molecule has 154 valence electrons. The number of rotatable bonds is 6. The molecule has 1 fully saturated rings. The molecule has 2 aromatic rings. The van der Waals surface area contributed by atoms with Gasteiger partial charge in [-0.15, -0.1) is 24.0 Å². The maximum Gasteiger partial charge on any atom is 0.191 e. The molecule has 1 aliphatic rings. The van der Waals surface area contributed by atoms with Crippen LogP contribution in [0.3, 0.4) is 0 Å². The van der Waals surface area contributed by atoms with Crippen molar-refractivity contribution in [1.29, 1.82) is 0 Å². The summed E-state index contributed by atoms with van der Waals surface area (Å²) in [4.78, 5) is 6.85. The number of hydrogen-bond acceptors (Lipinski definition) is 3. The van der Waals surface area contributed by atoms with Crippen molar-refractivity contribution in [1.82, 2.24) is 25.3 Å². The molecule has 0 aliphatic carbocycles. The summed E-state index contributed by atoms with van der Waals surface area (Å²) in [6, 6.07) is 8.61. The number of hydrogen-bond donors (Lipinski definition) is 2. The second-order valence-corrected chi connectivity index (χ2v) is 7.54. The van der Waals surface area contributed by atoms with Gasteiger partial charge in [-0.2, -0.15) is 5.10 Å². The Morgan fingerprint density at radius 1 is 1.25 bits per heavy atom. The summed E-state index contributed by atoms with van der Waals surface area (Å²) in [5.74, 6) is 0.870. The second kappa shape index (κ2) is 11.6. The fourth-order valence-corrected chi connectivity index (χ4v) is 3.48. The van der Waals surface area contributed by atoms with E-state index in [2.05, 4.69) is 44.7 Å². The van der Waals surface area contributed by atoms with Crippen LogP contribution in [0, 0.1) is 6.92 Å². The Hall–Kier alpha value is -1.32. The minimum atomic E-state index is 0. The molecule has 3 rings (SSSR count). The van der Waals surface area contributed by atoms with Crippen molar-refractivity contribution in [2.24, 2.45) is 4.99 Å². The first-order chi connectivity index (χ1) is 13.1. The van der Waals surface area contributed by atoms with E-state index >= 15 is 0 Å². The number of likely N-dealkylation sites (tertiary alicyclic amines) is 1. The third-order valence-corrected chi connectivity index (χ3v) is 5.12. The van der Waals surface area contributed by atoms with Crippen molar-refractivity contribution in [3.63, 3.8) is 0 Å². The van der Waals surface area contributed by atoms with Crippen LogP contribution >= 0.6 is 35.6 Å². The van der Waals surface area contributed by atoms with Gasteiger partial charge in [0, 0.05) is 50.5 Å². The maximum atomic E-state index is 5.96. The Bertz CT molecular complexity index is 737. The minimum Gasteiger partial charge on any atom is -0.355 e. The molecule has 0 atom stereocenters. The van der Waals surface area contributed by atoms with Gasteiger partial charge in [-0.3, -0.25) is 14.6 Å². The van der Waals surface area contributed by atoms with Crippen molar-refractivity contribution >= 4 is 41.5 Å². The highest BCUT2D eigenvalue weighted by Crippen LogP contribution is 2.15. The minimum absolute atomic E-state index is 0. The SMILES string of the molecule is CN=C(NCCn1cc(C)cn1)NC1CCN(Cc2ccc(Cl)cc2)CC1.I. The van der Waals surface area contributed by atoms with E-state index in [4.69, 9.17) is 11.6 Å². The number of nitrogens with zero attached hydrogens (tertiary/aromatic N) is 4. The van der Waals surface area contributed by atoms with Crippen molar-refractivity contribution in [3.05, 3.63) is 52.8 Å². The van der Waals surface area contributed by atoms with E-state index < -0.39 is 0 Å². The monoisotopic (exact) mass is 516 g/mol. The summed E-state index contributed by atoms with van der Waals surface area (Å²) < 4.78 is 1.95. The van der Waals surface area contributed by atoms with Gasteiger partial charge < -0.3 is 10.6 Å². The first-order valence-electron chi connectivity index (χ1n) is 9.55. The molecule has 1 aromatic carbocycles. The molecule has 0 radical (unpaired) electrons. The maximum absolute atomic E-state index is 5.96. The normalized spacial score (nSPS) is 15.9. The van der Waals surface area contributed by atoms with Gasteiger partial charge in [-0.1, -0.05) is 23.7 Å². The van der Waals surface area contributed by atoms with E-state index in [1.165, 1.54) is 11.1 Å². The van der Waals surface area contributed by atoms with Crippen LogP contribution in [0.25, 0.3) is 0 Å². The molecule has 1 aromatic heterocycles. The van der Waals surface area contributed by atoms with E-state index in [1.54, 1.807) is 0 Å². The molecule has 2 heterocycles. The number of nitrogens with one attached hydrogen (secondary N) is 2. The molecule has 8 heteroatoms. The Morgan fingerprint density at radius 3 is 2.57 bits per heavy atom. The fourth-order valence-electron chi connectivity index (χ4n) is 3.35. The Balaban J connectivity index is 0.00000280. The lowest BCUT2D eigenvalue weighted by molar-refractivity contribution is 0.198. The van der Waals surface area contributed by atoms with E-state index in [9.17, 15) is 0 Å². The van der Waals surface area contributed by atoms with Crippen LogP contribution in [0.5, 0.6) is 0 Å². The first kappa shape index (κ1) is 23.0. The summed E-state index contributed by atoms with van der Waals surface area (Å²) in [5, 5.41) is 12.0. The van der Waals surface area contributed by atoms with Crippen molar-refractivity contribution < 1.29 is 0 Å². The van der Waals surface area contributed by atoms with E-state index in [1.807, 2.05) is 36.3 Å². The third kappa shape index (κ3) is 7.25. The lowest BCUT2D eigenvalue weighted by Gasteiger charge is -2.33. The molecular weight excluding hydrogens is 487 g/mol. The summed E-state index contributed by atoms with van der Waals surface area (Å²) in [6.45, 7) is 6.84. The van der Waals surface area contributed by atoms with Crippen LogP contribution in [0.15, 0.2) is 41.7 Å². The highest BCUT2D eigenvalue weighted by Gasteiger charge is 2.20. The number of aryl methyl sites for hydroxylation is 1. The predicted molar refractivity (Wildman–Crippen MR) is 127 cm³/mol. The Kier molecular flexibility index (Phi) is 9.53. The van der Waals surface area contributed by atoms with Crippen molar-refractivity contribution in [2.45, 2.75) is 38.9 Å². The summed E-state index contributed by atoms with van der Waals surface area (Å²) in [5.41, 5.74) is 2.50. The van der Waals surface area contributed by atoms with Crippen LogP contribution in [0.1, 0.15) is 24.0 Å². The van der Waals surface area contributed by atoms with Gasteiger partial charge in [0.1, 0.15) is 0 Å². The Labute approximate surface area is 189 Å². The average molecular weight is 517 g/mol. The van der Waals surface area contributed by atoms with Gasteiger partial charge in [0.2, 0.25) is 0 Å². The lowest BCUT2D eigenvalue weighted by Crippen LogP contribution is -2.49. The number of guanidine groups is 1. The number of aromatic nitrogens is 2. The van der Waals surface area contributed by atoms with E-state index in [0.717, 1.165) is 56.5 Å². The third-order valence-electron chi connectivity index (χ3n) is 4.87. The largest absolute Gasteiger partial charge is 0.355 e. The van der Waals surface area contributed by atoms with Gasteiger partial charge in [0.15, 0.2) is 5.96 Å². The first-order valence-corrected chi connectivity index (χ1v) is 9.93. The van der Waals surface area contributed by atoms with Crippen LogP contribution in [0.4, 0.5) is 0 Å². The quantitative estimate of drug-likeness (QED) is 0.351. The number of aliphatic imine (C=N–C) groups is 1. The van der Waals surface area contributed by atoms with E-state index in [0.29, 0.717) is 6.04 Å². The molecule has 0 unspecified atom stereocenters. The zero-order chi connectivity index (χ0) is 19.1.